The summed E-state index contributed by atoms with van der Waals surface area (Å²) in [6, 6.07) is 18.4. The minimum atomic E-state index is -0.804. The fraction of sp³-hybridized carbons (Fsp3) is 0.136. The lowest BCUT2D eigenvalue weighted by Crippen LogP contribution is -2.35. The third kappa shape index (κ3) is 5.71. The highest BCUT2D eigenvalue weighted by Gasteiger charge is 2.21. The van der Waals surface area contributed by atoms with Crippen molar-refractivity contribution in [3.8, 4) is 0 Å². The van der Waals surface area contributed by atoms with Gasteiger partial charge in [-0.25, -0.2) is 4.79 Å². The molecule has 4 N–H and O–H groups in total. The van der Waals surface area contributed by atoms with Gasteiger partial charge in [-0.3, -0.25) is 9.59 Å². The number of halogens is 1. The third-order valence-corrected chi connectivity index (χ3v) is 4.71. The minimum Gasteiger partial charge on any atom is -0.455 e. The van der Waals surface area contributed by atoms with Crippen molar-refractivity contribution in [2.24, 2.45) is 5.73 Å². The smallest absolute Gasteiger partial charge is 0.312 e. The number of urea groups is 1. The Labute approximate surface area is 178 Å². The quantitative estimate of drug-likeness (QED) is 0.500. The second-order valence-corrected chi connectivity index (χ2v) is 6.96. The molecule has 0 aliphatic heterocycles. The Morgan fingerprint density at radius 2 is 1.67 bits per heavy atom. The van der Waals surface area contributed by atoms with Crippen molar-refractivity contribution in [1.82, 2.24) is 5.32 Å². The van der Waals surface area contributed by atoms with Crippen molar-refractivity contribution in [2.75, 3.05) is 11.9 Å². The molecule has 0 aliphatic rings. The van der Waals surface area contributed by atoms with E-state index in [0.29, 0.717) is 16.3 Å². The van der Waals surface area contributed by atoms with Crippen LogP contribution in [0.4, 0.5) is 10.5 Å². The number of carbonyl (C=O) groups is 3. The van der Waals surface area contributed by atoms with E-state index in [1.165, 1.54) is 0 Å². The van der Waals surface area contributed by atoms with Crippen LogP contribution in [0.1, 0.15) is 18.0 Å². The molecule has 0 spiro atoms. The molecule has 3 aromatic rings. The van der Waals surface area contributed by atoms with Crippen molar-refractivity contribution >= 4 is 46.0 Å². The monoisotopic (exact) mass is 425 g/mol. The Morgan fingerprint density at radius 1 is 0.967 bits per heavy atom. The van der Waals surface area contributed by atoms with Gasteiger partial charge in [0.1, 0.15) is 0 Å². The molecule has 0 aromatic heterocycles. The molecule has 0 radical (unpaired) electrons. The first-order valence-electron chi connectivity index (χ1n) is 9.17. The summed E-state index contributed by atoms with van der Waals surface area (Å²) in [5.74, 6) is -1.15. The number of benzene rings is 3. The number of ether oxygens (including phenoxy) is 1. The zero-order chi connectivity index (χ0) is 21.5. The molecule has 3 amide bonds. The summed E-state index contributed by atoms with van der Waals surface area (Å²) in [6.45, 7) is -0.461. The van der Waals surface area contributed by atoms with Gasteiger partial charge in [-0.2, -0.15) is 0 Å². The van der Waals surface area contributed by atoms with Crippen LogP contribution in [0.2, 0.25) is 5.02 Å². The molecule has 30 heavy (non-hydrogen) atoms. The summed E-state index contributed by atoms with van der Waals surface area (Å²) in [5.41, 5.74) is 6.31. The topological polar surface area (TPSA) is 111 Å². The van der Waals surface area contributed by atoms with Crippen molar-refractivity contribution in [3.63, 3.8) is 0 Å². The number of amides is 3. The van der Waals surface area contributed by atoms with E-state index in [4.69, 9.17) is 22.1 Å². The molecule has 0 saturated heterocycles. The standard InChI is InChI=1S/C22H20ClN3O4/c23-18-8-4-3-7-17(18)19(26-22(24)29)12-21(28)30-13-20(27)25-16-10-9-14-5-1-2-6-15(14)11-16/h1-11,19H,12-13H2,(H,25,27)(H3,24,26,29). The highest BCUT2D eigenvalue weighted by Crippen LogP contribution is 2.25. The SMILES string of the molecule is NC(=O)NC(CC(=O)OCC(=O)Nc1ccc2ccccc2c1)c1ccccc1Cl. The van der Waals surface area contributed by atoms with Crippen LogP contribution >= 0.6 is 11.6 Å². The largest absolute Gasteiger partial charge is 0.455 e. The lowest BCUT2D eigenvalue weighted by molar-refractivity contribution is -0.147. The lowest BCUT2D eigenvalue weighted by atomic mass is 10.0. The summed E-state index contributed by atoms with van der Waals surface area (Å²) in [6.07, 6.45) is -0.226. The maximum absolute atomic E-state index is 12.2. The second-order valence-electron chi connectivity index (χ2n) is 6.56. The normalized spacial score (nSPS) is 11.5. The molecule has 8 heteroatoms. The molecule has 0 bridgehead atoms. The number of primary amides is 1. The van der Waals surface area contributed by atoms with Crippen molar-refractivity contribution in [3.05, 3.63) is 77.3 Å². The maximum atomic E-state index is 12.2. The molecule has 0 heterocycles. The number of rotatable bonds is 7. The molecular formula is C22H20ClN3O4. The van der Waals surface area contributed by atoms with Crippen LogP contribution in [0.15, 0.2) is 66.7 Å². The van der Waals surface area contributed by atoms with E-state index >= 15 is 0 Å². The van der Waals surface area contributed by atoms with Crippen LogP contribution in [0, 0.1) is 0 Å². The summed E-state index contributed by atoms with van der Waals surface area (Å²) in [7, 11) is 0. The molecule has 0 fully saturated rings. The van der Waals surface area contributed by atoms with E-state index in [-0.39, 0.29) is 6.42 Å². The van der Waals surface area contributed by atoms with Gasteiger partial charge < -0.3 is 21.1 Å². The number of carbonyl (C=O) groups excluding carboxylic acids is 3. The van der Waals surface area contributed by atoms with Gasteiger partial charge in [-0.1, -0.05) is 60.1 Å². The third-order valence-electron chi connectivity index (χ3n) is 4.37. The lowest BCUT2D eigenvalue weighted by Gasteiger charge is -2.18. The van der Waals surface area contributed by atoms with Crippen LogP contribution in [-0.2, 0) is 14.3 Å². The van der Waals surface area contributed by atoms with E-state index in [1.54, 1.807) is 30.3 Å². The van der Waals surface area contributed by atoms with Crippen LogP contribution in [0.3, 0.4) is 0 Å². The van der Waals surface area contributed by atoms with Gasteiger partial charge >= 0.3 is 12.0 Å². The molecule has 7 nitrogen and oxygen atoms in total. The van der Waals surface area contributed by atoms with Crippen LogP contribution < -0.4 is 16.4 Å². The van der Waals surface area contributed by atoms with E-state index in [0.717, 1.165) is 10.8 Å². The number of anilines is 1. The summed E-state index contributed by atoms with van der Waals surface area (Å²) < 4.78 is 5.05. The average Bonchev–Trinajstić information content (AvgIpc) is 2.72. The Bertz CT molecular complexity index is 1090. The number of hydrogen-bond acceptors (Lipinski definition) is 4. The molecule has 1 unspecified atom stereocenters. The molecule has 3 aromatic carbocycles. The Balaban J connectivity index is 1.57. The fourth-order valence-electron chi connectivity index (χ4n) is 3.00. The Morgan fingerprint density at radius 3 is 2.40 bits per heavy atom. The number of nitrogens with one attached hydrogen (secondary N) is 2. The molecule has 0 saturated carbocycles. The van der Waals surface area contributed by atoms with Crippen LogP contribution in [0.25, 0.3) is 10.8 Å². The van der Waals surface area contributed by atoms with E-state index < -0.39 is 30.6 Å². The minimum absolute atomic E-state index is 0.226. The number of fused-ring (bicyclic) bond motifs is 1. The highest BCUT2D eigenvalue weighted by atomic mass is 35.5. The summed E-state index contributed by atoms with van der Waals surface area (Å²) in [5, 5.41) is 7.56. The molecule has 154 valence electrons. The predicted molar refractivity (Wildman–Crippen MR) is 115 cm³/mol. The van der Waals surface area contributed by atoms with E-state index in [2.05, 4.69) is 10.6 Å². The fourth-order valence-corrected chi connectivity index (χ4v) is 3.27. The zero-order valence-corrected chi connectivity index (χ0v) is 16.7. The molecule has 0 aliphatic carbocycles. The van der Waals surface area contributed by atoms with Crippen molar-refractivity contribution in [1.29, 1.82) is 0 Å². The first-order valence-corrected chi connectivity index (χ1v) is 9.55. The summed E-state index contributed by atoms with van der Waals surface area (Å²) >= 11 is 6.14. The van der Waals surface area contributed by atoms with Gasteiger partial charge in [0.2, 0.25) is 0 Å². The van der Waals surface area contributed by atoms with Gasteiger partial charge in [0.25, 0.3) is 5.91 Å². The van der Waals surface area contributed by atoms with Crippen LogP contribution in [0.5, 0.6) is 0 Å². The number of nitrogens with two attached hydrogens (primary N) is 1. The van der Waals surface area contributed by atoms with Gasteiger partial charge in [-0.05, 0) is 34.5 Å². The van der Waals surface area contributed by atoms with E-state index in [1.807, 2.05) is 36.4 Å². The van der Waals surface area contributed by atoms with Gasteiger partial charge in [0.15, 0.2) is 6.61 Å². The maximum Gasteiger partial charge on any atom is 0.312 e. The van der Waals surface area contributed by atoms with Crippen molar-refractivity contribution < 1.29 is 19.1 Å². The molecule has 1 atom stereocenters. The predicted octanol–water partition coefficient (Wildman–Crippen LogP) is 3.77. The van der Waals surface area contributed by atoms with Gasteiger partial charge in [0, 0.05) is 10.7 Å². The van der Waals surface area contributed by atoms with Gasteiger partial charge in [-0.15, -0.1) is 0 Å². The molecule has 3 rings (SSSR count). The Kier molecular flexibility index (Phi) is 6.87. The van der Waals surface area contributed by atoms with Crippen LogP contribution in [-0.4, -0.2) is 24.5 Å². The number of hydrogen-bond donors (Lipinski definition) is 3. The van der Waals surface area contributed by atoms with Crippen molar-refractivity contribution in [2.45, 2.75) is 12.5 Å². The Hall–Kier alpha value is -3.58. The number of esters is 1. The second kappa shape index (κ2) is 9.76. The first kappa shape index (κ1) is 21.1. The van der Waals surface area contributed by atoms with E-state index in [9.17, 15) is 14.4 Å². The zero-order valence-electron chi connectivity index (χ0n) is 15.9. The summed E-state index contributed by atoms with van der Waals surface area (Å²) in [4.78, 5) is 35.6. The highest BCUT2D eigenvalue weighted by molar-refractivity contribution is 6.31. The average molecular weight is 426 g/mol. The first-order chi connectivity index (χ1) is 14.4. The van der Waals surface area contributed by atoms with Gasteiger partial charge in [0.05, 0.1) is 12.5 Å². The molecular weight excluding hydrogens is 406 g/mol.